The first-order valence-corrected chi connectivity index (χ1v) is 11.1. The van der Waals surface area contributed by atoms with Crippen LogP contribution in [0.15, 0.2) is 96.4 Å². The first kappa shape index (κ1) is 22.2. The molecule has 0 spiro atoms. The molecular weight excluding hydrogens is 415 g/mol. The second kappa shape index (κ2) is 9.57. The van der Waals surface area contributed by atoms with Crippen molar-refractivity contribution in [3.63, 3.8) is 0 Å². The first-order chi connectivity index (χ1) is 14.8. The van der Waals surface area contributed by atoms with E-state index in [-0.39, 0.29) is 29.2 Å². The monoisotopic (exact) mass is 438 g/mol. The van der Waals surface area contributed by atoms with Crippen molar-refractivity contribution in [1.82, 2.24) is 5.32 Å². The van der Waals surface area contributed by atoms with Crippen LogP contribution >= 0.6 is 0 Å². The van der Waals surface area contributed by atoms with Crippen LogP contribution in [-0.4, -0.2) is 20.9 Å². The third-order valence-electron chi connectivity index (χ3n) is 4.76. The maximum absolute atomic E-state index is 13.1. The summed E-state index contributed by atoms with van der Waals surface area (Å²) in [4.78, 5) is 12.8. The van der Waals surface area contributed by atoms with Gasteiger partial charge in [0.15, 0.2) is 0 Å². The number of benzene rings is 3. The highest BCUT2D eigenvalue weighted by atomic mass is 32.2. The molecule has 3 aromatic carbocycles. The number of hydrogen-bond acceptors (Lipinski definition) is 3. The average Bonchev–Trinajstić information content (AvgIpc) is 2.78. The molecule has 0 aliphatic rings. The van der Waals surface area contributed by atoms with Gasteiger partial charge in [-0.2, -0.15) is 0 Å². The Kier molecular flexibility index (Phi) is 6.87. The molecule has 160 valence electrons. The molecule has 0 radical (unpaired) electrons. The summed E-state index contributed by atoms with van der Waals surface area (Å²) in [5.41, 5.74) is 1.58. The summed E-state index contributed by atoms with van der Waals surface area (Å²) in [6.07, 6.45) is 1.51. The summed E-state index contributed by atoms with van der Waals surface area (Å²) in [6, 6.07) is 20.0. The number of hydrogen-bond donors (Lipinski definition) is 1. The normalized spacial score (nSPS) is 12.1. The van der Waals surface area contributed by atoms with Crippen LogP contribution in [0.5, 0.6) is 0 Å². The molecule has 0 fully saturated rings. The quantitative estimate of drug-likeness (QED) is 0.519. The minimum Gasteiger partial charge on any atom is -0.346 e. The van der Waals surface area contributed by atoms with Crippen molar-refractivity contribution in [2.75, 3.05) is 10.8 Å². The average molecular weight is 439 g/mol. The van der Waals surface area contributed by atoms with Crippen molar-refractivity contribution < 1.29 is 17.6 Å². The lowest BCUT2D eigenvalue weighted by molar-refractivity contribution is 0.0940. The van der Waals surface area contributed by atoms with Crippen LogP contribution in [0.1, 0.15) is 28.9 Å². The zero-order chi connectivity index (χ0) is 22.4. The number of sulfonamides is 1. The van der Waals surface area contributed by atoms with Gasteiger partial charge < -0.3 is 5.32 Å². The standard InChI is InChI=1S/C24H23FN2O3S/c1-3-17-27(31(29,30)23-7-5-4-6-8-23)22-15-11-20(12-16-22)24(28)26-18(2)19-9-13-21(25)14-10-19/h3-16,18H,1,17H2,2H3,(H,26,28)/t18-/m0/s1. The van der Waals surface area contributed by atoms with E-state index in [1.165, 1.54) is 34.6 Å². The van der Waals surface area contributed by atoms with Gasteiger partial charge in [-0.1, -0.05) is 36.4 Å². The zero-order valence-electron chi connectivity index (χ0n) is 17.0. The van der Waals surface area contributed by atoms with Crippen molar-refractivity contribution in [3.05, 3.63) is 108 Å². The van der Waals surface area contributed by atoms with E-state index in [2.05, 4.69) is 11.9 Å². The summed E-state index contributed by atoms with van der Waals surface area (Å²) < 4.78 is 40.4. The van der Waals surface area contributed by atoms with E-state index >= 15 is 0 Å². The maximum atomic E-state index is 13.1. The van der Waals surface area contributed by atoms with Gasteiger partial charge >= 0.3 is 0 Å². The third kappa shape index (κ3) is 5.19. The van der Waals surface area contributed by atoms with Gasteiger partial charge in [0.05, 0.1) is 23.2 Å². The van der Waals surface area contributed by atoms with Gasteiger partial charge in [-0.05, 0) is 61.0 Å². The predicted molar refractivity (Wildman–Crippen MR) is 120 cm³/mol. The van der Waals surface area contributed by atoms with Crippen molar-refractivity contribution in [2.45, 2.75) is 17.9 Å². The van der Waals surface area contributed by atoms with E-state index in [0.717, 1.165) is 5.56 Å². The lowest BCUT2D eigenvalue weighted by atomic mass is 10.1. The molecule has 1 atom stereocenters. The van der Waals surface area contributed by atoms with E-state index in [1.807, 2.05) is 0 Å². The fraction of sp³-hybridized carbons (Fsp3) is 0.125. The Labute approximate surface area is 181 Å². The summed E-state index contributed by atoms with van der Waals surface area (Å²) in [5, 5.41) is 2.85. The number of halogens is 1. The molecule has 0 aliphatic heterocycles. The fourth-order valence-electron chi connectivity index (χ4n) is 3.07. The van der Waals surface area contributed by atoms with Crippen molar-refractivity contribution >= 4 is 21.6 Å². The Morgan fingerprint density at radius 2 is 1.65 bits per heavy atom. The Morgan fingerprint density at radius 1 is 1.03 bits per heavy atom. The highest BCUT2D eigenvalue weighted by Crippen LogP contribution is 2.24. The summed E-state index contributed by atoms with van der Waals surface area (Å²) >= 11 is 0. The zero-order valence-corrected chi connectivity index (χ0v) is 17.8. The van der Waals surface area contributed by atoms with Crippen LogP contribution < -0.4 is 9.62 Å². The van der Waals surface area contributed by atoms with E-state index < -0.39 is 10.0 Å². The number of nitrogens with one attached hydrogen (secondary N) is 1. The molecule has 0 aromatic heterocycles. The molecule has 5 nitrogen and oxygen atoms in total. The van der Waals surface area contributed by atoms with Gasteiger partial charge in [0.2, 0.25) is 0 Å². The smallest absolute Gasteiger partial charge is 0.264 e. The van der Waals surface area contributed by atoms with Gasteiger partial charge in [-0.15, -0.1) is 6.58 Å². The second-order valence-corrected chi connectivity index (χ2v) is 8.79. The highest BCUT2D eigenvalue weighted by molar-refractivity contribution is 7.92. The van der Waals surface area contributed by atoms with E-state index in [9.17, 15) is 17.6 Å². The molecule has 0 saturated heterocycles. The lowest BCUT2D eigenvalue weighted by Gasteiger charge is -2.23. The number of nitrogens with zero attached hydrogens (tertiary/aromatic N) is 1. The molecule has 0 heterocycles. The van der Waals surface area contributed by atoms with Crippen molar-refractivity contribution in [1.29, 1.82) is 0 Å². The van der Waals surface area contributed by atoms with Gasteiger partial charge in [0.25, 0.3) is 15.9 Å². The molecule has 0 saturated carbocycles. The fourth-order valence-corrected chi connectivity index (χ4v) is 4.53. The van der Waals surface area contributed by atoms with Gasteiger partial charge in [-0.25, -0.2) is 12.8 Å². The highest BCUT2D eigenvalue weighted by Gasteiger charge is 2.24. The molecule has 1 N–H and O–H groups in total. The largest absolute Gasteiger partial charge is 0.346 e. The van der Waals surface area contributed by atoms with Gasteiger partial charge in [0, 0.05) is 5.56 Å². The van der Waals surface area contributed by atoms with Gasteiger partial charge in [-0.3, -0.25) is 9.10 Å². The molecule has 0 unspecified atom stereocenters. The molecule has 7 heteroatoms. The van der Waals surface area contributed by atoms with Crippen molar-refractivity contribution in [3.8, 4) is 0 Å². The maximum Gasteiger partial charge on any atom is 0.264 e. The predicted octanol–water partition coefficient (Wildman–Crippen LogP) is 4.70. The minimum atomic E-state index is -3.78. The number of anilines is 1. The molecule has 0 aliphatic carbocycles. The molecule has 0 bridgehead atoms. The van der Waals surface area contributed by atoms with Crippen LogP contribution in [0, 0.1) is 5.82 Å². The third-order valence-corrected chi connectivity index (χ3v) is 6.57. The van der Waals surface area contributed by atoms with Crippen LogP contribution in [-0.2, 0) is 10.0 Å². The first-order valence-electron chi connectivity index (χ1n) is 9.68. The summed E-state index contributed by atoms with van der Waals surface area (Å²) in [5.74, 6) is -0.656. The molecule has 1 amide bonds. The molecule has 3 aromatic rings. The van der Waals surface area contributed by atoms with E-state index in [0.29, 0.717) is 11.3 Å². The second-order valence-electron chi connectivity index (χ2n) is 6.93. The minimum absolute atomic E-state index is 0.0877. The van der Waals surface area contributed by atoms with Gasteiger partial charge in [0.1, 0.15) is 5.82 Å². The molecule has 3 rings (SSSR count). The molecule has 31 heavy (non-hydrogen) atoms. The topological polar surface area (TPSA) is 66.5 Å². The Hall–Kier alpha value is -3.45. The van der Waals surface area contributed by atoms with Crippen LogP contribution in [0.2, 0.25) is 0 Å². The lowest BCUT2D eigenvalue weighted by Crippen LogP contribution is -2.31. The van der Waals surface area contributed by atoms with Crippen LogP contribution in [0.4, 0.5) is 10.1 Å². The van der Waals surface area contributed by atoms with Crippen LogP contribution in [0.3, 0.4) is 0 Å². The Balaban J connectivity index is 1.79. The summed E-state index contributed by atoms with van der Waals surface area (Å²) in [6.45, 7) is 5.54. The SMILES string of the molecule is C=CCN(c1ccc(C(=O)N[C@@H](C)c2ccc(F)cc2)cc1)S(=O)(=O)c1ccccc1. The van der Waals surface area contributed by atoms with Crippen LogP contribution in [0.25, 0.3) is 0 Å². The number of rotatable bonds is 8. The number of carbonyl (C=O) groups is 1. The van der Waals surface area contributed by atoms with E-state index in [1.54, 1.807) is 61.5 Å². The Bertz CT molecular complexity index is 1150. The number of amides is 1. The summed E-state index contributed by atoms with van der Waals surface area (Å²) in [7, 11) is -3.78. The Morgan fingerprint density at radius 3 is 2.23 bits per heavy atom. The number of carbonyl (C=O) groups excluding carboxylic acids is 1. The van der Waals surface area contributed by atoms with E-state index in [4.69, 9.17) is 0 Å². The van der Waals surface area contributed by atoms with Crippen molar-refractivity contribution in [2.24, 2.45) is 0 Å². The molecular formula is C24H23FN2O3S.